The Morgan fingerprint density at radius 3 is 2.20 bits per heavy atom. The summed E-state index contributed by atoms with van der Waals surface area (Å²) >= 11 is 1.95. The lowest BCUT2D eigenvalue weighted by atomic mass is 9.34. The van der Waals surface area contributed by atoms with Gasteiger partial charge < -0.3 is 9.64 Å². The summed E-state index contributed by atoms with van der Waals surface area (Å²) in [5, 5.41) is 2.70. The average Bonchev–Trinajstić information content (AvgIpc) is 3.65. The van der Waals surface area contributed by atoms with Gasteiger partial charge >= 0.3 is 0 Å². The van der Waals surface area contributed by atoms with Gasteiger partial charge in [-0.1, -0.05) is 96.1 Å². The van der Waals surface area contributed by atoms with E-state index >= 15 is 0 Å². The molecule has 0 saturated heterocycles. The van der Waals surface area contributed by atoms with Crippen molar-refractivity contribution in [1.82, 2.24) is 0 Å². The number of nitrogens with zero attached hydrogens (tertiary/aromatic N) is 1. The summed E-state index contributed by atoms with van der Waals surface area (Å²) in [6.07, 6.45) is 3.65. The van der Waals surface area contributed by atoms with Crippen molar-refractivity contribution in [3.8, 4) is 11.5 Å². The molecule has 2 nitrogen and oxygen atoms in total. The maximum absolute atomic E-state index is 7.03. The Hall–Kier alpha value is -4.02. The molecule has 45 heavy (non-hydrogen) atoms. The monoisotopic (exact) mass is 603 g/mol. The summed E-state index contributed by atoms with van der Waals surface area (Å²) in [7, 11) is 0. The Kier molecular flexibility index (Phi) is 5.62. The molecule has 5 aromatic carbocycles. The maximum atomic E-state index is 7.03. The van der Waals surface area contributed by atoms with E-state index in [1.165, 1.54) is 89.6 Å². The smallest absolute Gasteiger partial charge is 0.256 e. The van der Waals surface area contributed by atoms with Crippen molar-refractivity contribution in [3.63, 3.8) is 0 Å². The Morgan fingerprint density at radius 1 is 0.689 bits per heavy atom. The molecule has 1 aliphatic carbocycles. The highest BCUT2D eigenvalue weighted by molar-refractivity contribution is 7.26. The van der Waals surface area contributed by atoms with Crippen molar-refractivity contribution in [2.24, 2.45) is 0 Å². The highest BCUT2D eigenvalue weighted by Gasteiger charge is 2.43. The zero-order valence-electron chi connectivity index (χ0n) is 27.0. The molecule has 9 rings (SSSR count). The zero-order chi connectivity index (χ0) is 30.8. The van der Waals surface area contributed by atoms with E-state index in [1.54, 1.807) is 5.56 Å². The second kappa shape index (κ2) is 9.27. The first-order valence-electron chi connectivity index (χ1n) is 16.4. The first kappa shape index (κ1) is 27.3. The highest BCUT2D eigenvalue weighted by atomic mass is 32.1. The van der Waals surface area contributed by atoms with Gasteiger partial charge in [-0.25, -0.2) is 0 Å². The molecule has 0 amide bonds. The fourth-order valence-electron chi connectivity index (χ4n) is 7.96. The van der Waals surface area contributed by atoms with Crippen LogP contribution in [0.2, 0.25) is 0 Å². The van der Waals surface area contributed by atoms with Gasteiger partial charge in [-0.15, -0.1) is 11.3 Å². The fraction of sp³-hybridized carbons (Fsp3) is 0.268. The van der Waals surface area contributed by atoms with Crippen LogP contribution in [0.4, 0.5) is 17.1 Å². The van der Waals surface area contributed by atoms with E-state index < -0.39 is 0 Å². The molecule has 0 saturated carbocycles. The van der Waals surface area contributed by atoms with Gasteiger partial charge in [0.15, 0.2) is 0 Å². The van der Waals surface area contributed by atoms with E-state index in [2.05, 4.69) is 131 Å². The van der Waals surface area contributed by atoms with Crippen LogP contribution in [0.3, 0.4) is 0 Å². The fourth-order valence-corrected chi connectivity index (χ4v) is 9.35. The lowest BCUT2D eigenvalue weighted by Gasteiger charge is -2.40. The third kappa shape index (κ3) is 3.94. The standard InChI is InChI=1S/C41H38BNOS/c1-40(2,3)25-14-17-27(18-15-25)43-33-22-16-26(41(4,5)6)23-32(33)42-31-21-20-30-29-19-13-24-9-7-10-28(24)38(29)45-39(30)37(31)44-35-12-8-11-34(43)36(35)42/h8,11-23H,7,9-10H2,1-6H3. The number of anilines is 3. The van der Waals surface area contributed by atoms with Crippen molar-refractivity contribution in [3.05, 3.63) is 107 Å². The Morgan fingerprint density at radius 2 is 1.42 bits per heavy atom. The predicted octanol–water partition coefficient (Wildman–Crippen LogP) is 9.54. The first-order valence-corrected chi connectivity index (χ1v) is 17.3. The predicted molar refractivity (Wildman–Crippen MR) is 195 cm³/mol. The molecule has 6 aromatic rings. The second-order valence-electron chi connectivity index (χ2n) is 15.3. The van der Waals surface area contributed by atoms with Crippen molar-refractivity contribution < 1.29 is 4.74 Å². The minimum absolute atomic E-state index is 0.0395. The average molecular weight is 604 g/mol. The normalized spacial score (nSPS) is 15.2. The van der Waals surface area contributed by atoms with Crippen molar-refractivity contribution in [2.75, 3.05) is 4.90 Å². The van der Waals surface area contributed by atoms with E-state index in [-0.39, 0.29) is 17.5 Å². The number of hydrogen-bond acceptors (Lipinski definition) is 3. The number of fused-ring (bicyclic) bond motifs is 10. The molecule has 1 aromatic heterocycles. The molecular weight excluding hydrogens is 565 g/mol. The van der Waals surface area contributed by atoms with Gasteiger partial charge in [0, 0.05) is 32.5 Å². The molecule has 0 fully saturated rings. The number of benzene rings is 5. The molecule has 0 atom stereocenters. The SMILES string of the molecule is CC(C)(C)c1ccc(N2c3ccc(C(C)(C)C)cc3B3c4ccc5c(sc6c7c(ccc65)CCC7)c4Oc4cccc2c43)cc1. The van der Waals surface area contributed by atoms with Crippen LogP contribution in [-0.2, 0) is 23.7 Å². The van der Waals surface area contributed by atoms with Crippen LogP contribution in [0.15, 0.2) is 84.9 Å². The molecule has 0 radical (unpaired) electrons. The quantitative estimate of drug-likeness (QED) is 0.173. The summed E-state index contributed by atoms with van der Waals surface area (Å²) in [4.78, 5) is 2.46. The van der Waals surface area contributed by atoms with Crippen LogP contribution < -0.4 is 26.0 Å². The van der Waals surface area contributed by atoms with Crippen LogP contribution in [0.5, 0.6) is 11.5 Å². The van der Waals surface area contributed by atoms with Gasteiger partial charge in [0.1, 0.15) is 11.5 Å². The molecule has 0 N–H and O–H groups in total. The molecule has 2 aliphatic heterocycles. The van der Waals surface area contributed by atoms with E-state index in [4.69, 9.17) is 4.74 Å². The summed E-state index contributed by atoms with van der Waals surface area (Å²) in [6.45, 7) is 13.9. The lowest BCUT2D eigenvalue weighted by Crippen LogP contribution is -2.59. The van der Waals surface area contributed by atoms with Crippen molar-refractivity contribution in [2.45, 2.75) is 71.6 Å². The van der Waals surface area contributed by atoms with E-state index in [1.807, 2.05) is 11.3 Å². The summed E-state index contributed by atoms with van der Waals surface area (Å²) in [6, 6.07) is 32.4. The van der Waals surface area contributed by atoms with Gasteiger partial charge in [0.05, 0.1) is 4.70 Å². The van der Waals surface area contributed by atoms with E-state index in [0.29, 0.717) is 0 Å². The van der Waals surface area contributed by atoms with E-state index in [9.17, 15) is 0 Å². The molecular formula is C41H38BNOS. The largest absolute Gasteiger partial charge is 0.457 e. The third-order valence-corrected chi connectivity index (χ3v) is 11.7. The van der Waals surface area contributed by atoms with Gasteiger partial charge in [-0.2, -0.15) is 0 Å². The van der Waals surface area contributed by atoms with Crippen LogP contribution in [0, 0.1) is 0 Å². The molecule has 3 heterocycles. The first-order chi connectivity index (χ1) is 21.6. The zero-order valence-corrected chi connectivity index (χ0v) is 27.9. The molecule has 0 bridgehead atoms. The van der Waals surface area contributed by atoms with Crippen LogP contribution >= 0.6 is 11.3 Å². The maximum Gasteiger partial charge on any atom is 0.256 e. The number of thiophene rings is 1. The summed E-state index contributed by atoms with van der Waals surface area (Å²) < 4.78 is 9.77. The molecule has 0 unspecified atom stereocenters. The third-order valence-electron chi connectivity index (χ3n) is 10.4. The van der Waals surface area contributed by atoms with Crippen LogP contribution in [0.1, 0.15) is 70.2 Å². The van der Waals surface area contributed by atoms with Crippen LogP contribution in [0.25, 0.3) is 20.2 Å². The van der Waals surface area contributed by atoms with Crippen molar-refractivity contribution >= 4 is 71.7 Å². The molecule has 3 aliphatic rings. The Balaban J connectivity index is 1.30. The number of rotatable bonds is 1. The topological polar surface area (TPSA) is 12.5 Å². The lowest BCUT2D eigenvalue weighted by molar-refractivity contribution is 0.494. The molecule has 0 spiro atoms. The molecule has 4 heteroatoms. The summed E-state index contributed by atoms with van der Waals surface area (Å²) in [5.74, 6) is 2.02. The van der Waals surface area contributed by atoms with Gasteiger partial charge in [0.2, 0.25) is 0 Å². The number of ether oxygens (including phenoxy) is 1. The highest BCUT2D eigenvalue weighted by Crippen LogP contribution is 2.47. The van der Waals surface area contributed by atoms with E-state index in [0.717, 1.165) is 11.5 Å². The van der Waals surface area contributed by atoms with Gasteiger partial charge in [-0.05, 0) is 99.1 Å². The van der Waals surface area contributed by atoms with Crippen LogP contribution in [-0.4, -0.2) is 6.71 Å². The summed E-state index contributed by atoms with van der Waals surface area (Å²) in [5.41, 5.74) is 13.5. The number of aryl methyl sites for hydroxylation is 2. The minimum atomic E-state index is 0.0395. The second-order valence-corrected chi connectivity index (χ2v) is 16.3. The Bertz CT molecular complexity index is 2200. The van der Waals surface area contributed by atoms with Crippen molar-refractivity contribution in [1.29, 1.82) is 0 Å². The van der Waals surface area contributed by atoms with Gasteiger partial charge in [-0.3, -0.25) is 0 Å². The minimum Gasteiger partial charge on any atom is -0.457 e. The Labute approximate surface area is 270 Å². The van der Waals surface area contributed by atoms with Gasteiger partial charge in [0.25, 0.3) is 6.71 Å². The number of hydrogen-bond donors (Lipinski definition) is 0. The molecule has 222 valence electrons.